The second-order valence-corrected chi connectivity index (χ2v) is 4.56. The molecule has 2 rings (SSSR count). The molecule has 1 fully saturated rings. The van der Waals surface area contributed by atoms with Gasteiger partial charge >= 0.3 is 0 Å². The molecular formula is C13H18FN3O. The maximum Gasteiger partial charge on any atom is 0.125 e. The number of nitrogens with zero attached hydrogens (tertiary/aromatic N) is 1. The summed E-state index contributed by atoms with van der Waals surface area (Å²) in [6.45, 7) is 4.30. The Labute approximate surface area is 106 Å². The molecule has 5 heteroatoms. The highest BCUT2D eigenvalue weighted by Crippen LogP contribution is 2.23. The number of nitrogens with one attached hydrogen (secondary N) is 1. The highest BCUT2D eigenvalue weighted by atomic mass is 19.1. The van der Waals surface area contributed by atoms with Gasteiger partial charge in [0.1, 0.15) is 11.7 Å². The predicted molar refractivity (Wildman–Crippen MR) is 69.7 cm³/mol. The Morgan fingerprint density at radius 2 is 2.33 bits per heavy atom. The van der Waals surface area contributed by atoms with Gasteiger partial charge < -0.3 is 15.4 Å². The Bertz CT molecular complexity index is 450. The van der Waals surface area contributed by atoms with Crippen LogP contribution in [-0.2, 0) is 4.74 Å². The van der Waals surface area contributed by atoms with Crippen molar-refractivity contribution < 1.29 is 9.13 Å². The van der Waals surface area contributed by atoms with Gasteiger partial charge in [-0.2, -0.15) is 0 Å². The molecule has 3 N–H and O–H groups in total. The Morgan fingerprint density at radius 3 is 3.06 bits per heavy atom. The van der Waals surface area contributed by atoms with E-state index >= 15 is 0 Å². The lowest BCUT2D eigenvalue weighted by Crippen LogP contribution is -2.32. The standard InChI is InChI=1S/C13H18FN3O/c1-9-8-17(5-2-6-18-9)12-4-3-10(14)7-11(12)13(15)16/h3-4,7,9H,2,5-6,8H2,1H3,(H3,15,16). The van der Waals surface area contributed by atoms with Crippen molar-refractivity contribution in [2.24, 2.45) is 5.73 Å². The van der Waals surface area contributed by atoms with E-state index in [4.69, 9.17) is 15.9 Å². The van der Waals surface area contributed by atoms with Gasteiger partial charge in [0, 0.05) is 30.9 Å². The lowest BCUT2D eigenvalue weighted by Gasteiger charge is -2.26. The van der Waals surface area contributed by atoms with Gasteiger partial charge in [-0.15, -0.1) is 0 Å². The first-order valence-electron chi connectivity index (χ1n) is 6.08. The number of rotatable bonds is 2. The van der Waals surface area contributed by atoms with Crippen LogP contribution in [0.4, 0.5) is 10.1 Å². The van der Waals surface area contributed by atoms with Crippen LogP contribution in [0.3, 0.4) is 0 Å². The molecule has 0 aliphatic carbocycles. The van der Waals surface area contributed by atoms with E-state index in [1.807, 2.05) is 6.92 Å². The molecule has 0 radical (unpaired) electrons. The zero-order chi connectivity index (χ0) is 13.1. The number of nitrogens with two attached hydrogens (primary N) is 1. The summed E-state index contributed by atoms with van der Waals surface area (Å²) in [5.74, 6) is -0.481. The Morgan fingerprint density at radius 1 is 1.56 bits per heavy atom. The number of halogens is 1. The summed E-state index contributed by atoms with van der Waals surface area (Å²) in [6.07, 6.45) is 1.04. The smallest absolute Gasteiger partial charge is 0.125 e. The zero-order valence-corrected chi connectivity index (χ0v) is 10.4. The third-order valence-electron chi connectivity index (χ3n) is 3.04. The van der Waals surface area contributed by atoms with Crippen molar-refractivity contribution in [1.82, 2.24) is 0 Å². The second kappa shape index (κ2) is 5.35. The largest absolute Gasteiger partial charge is 0.384 e. The molecule has 1 aliphatic rings. The van der Waals surface area contributed by atoms with Crippen molar-refractivity contribution in [3.8, 4) is 0 Å². The molecule has 4 nitrogen and oxygen atoms in total. The van der Waals surface area contributed by atoms with Gasteiger partial charge in [0.25, 0.3) is 0 Å². The van der Waals surface area contributed by atoms with E-state index in [0.717, 1.165) is 31.8 Å². The van der Waals surface area contributed by atoms with Gasteiger partial charge in [0.15, 0.2) is 0 Å². The first-order valence-corrected chi connectivity index (χ1v) is 6.08. The monoisotopic (exact) mass is 251 g/mol. The van der Waals surface area contributed by atoms with Crippen LogP contribution >= 0.6 is 0 Å². The molecule has 0 aromatic heterocycles. The van der Waals surface area contributed by atoms with E-state index in [2.05, 4.69) is 4.90 Å². The van der Waals surface area contributed by atoms with Gasteiger partial charge in [-0.05, 0) is 31.5 Å². The fourth-order valence-corrected chi connectivity index (χ4v) is 2.21. The van der Waals surface area contributed by atoms with Gasteiger partial charge in [0.2, 0.25) is 0 Å². The minimum atomic E-state index is -0.372. The summed E-state index contributed by atoms with van der Waals surface area (Å²) in [5.41, 5.74) is 6.78. The number of hydrogen-bond donors (Lipinski definition) is 2. The molecule has 18 heavy (non-hydrogen) atoms. The van der Waals surface area contributed by atoms with Crippen LogP contribution in [0.25, 0.3) is 0 Å². The summed E-state index contributed by atoms with van der Waals surface area (Å²) < 4.78 is 18.8. The van der Waals surface area contributed by atoms with Crippen LogP contribution < -0.4 is 10.6 Å². The van der Waals surface area contributed by atoms with Crippen LogP contribution in [0.1, 0.15) is 18.9 Å². The minimum absolute atomic E-state index is 0.109. The maximum absolute atomic E-state index is 13.2. The maximum atomic E-state index is 13.2. The van der Waals surface area contributed by atoms with Crippen molar-refractivity contribution in [1.29, 1.82) is 5.41 Å². The van der Waals surface area contributed by atoms with E-state index in [-0.39, 0.29) is 17.8 Å². The summed E-state index contributed by atoms with van der Waals surface area (Å²) in [7, 11) is 0. The second-order valence-electron chi connectivity index (χ2n) is 4.56. The average molecular weight is 251 g/mol. The van der Waals surface area contributed by atoms with Crippen LogP contribution in [0, 0.1) is 11.2 Å². The minimum Gasteiger partial charge on any atom is -0.384 e. The van der Waals surface area contributed by atoms with Crippen molar-refractivity contribution in [2.75, 3.05) is 24.6 Å². The third kappa shape index (κ3) is 2.79. The molecule has 1 heterocycles. The molecule has 1 saturated heterocycles. The van der Waals surface area contributed by atoms with Crippen molar-refractivity contribution in [3.05, 3.63) is 29.6 Å². The quantitative estimate of drug-likeness (QED) is 0.621. The first kappa shape index (κ1) is 12.8. The van der Waals surface area contributed by atoms with Crippen LogP contribution in [0.2, 0.25) is 0 Å². The van der Waals surface area contributed by atoms with E-state index in [1.54, 1.807) is 6.07 Å². The Kier molecular flexibility index (Phi) is 3.81. The molecule has 0 spiro atoms. The number of hydrogen-bond acceptors (Lipinski definition) is 3. The number of anilines is 1. The van der Waals surface area contributed by atoms with Crippen molar-refractivity contribution in [3.63, 3.8) is 0 Å². The fourth-order valence-electron chi connectivity index (χ4n) is 2.21. The highest BCUT2D eigenvalue weighted by Gasteiger charge is 2.19. The van der Waals surface area contributed by atoms with Crippen LogP contribution in [0.5, 0.6) is 0 Å². The number of nitrogen functional groups attached to an aromatic ring is 1. The topological polar surface area (TPSA) is 62.3 Å². The Balaban J connectivity index is 2.33. The summed E-state index contributed by atoms with van der Waals surface area (Å²) in [4.78, 5) is 2.10. The molecule has 1 aromatic carbocycles. The summed E-state index contributed by atoms with van der Waals surface area (Å²) >= 11 is 0. The first-order chi connectivity index (χ1) is 8.58. The summed E-state index contributed by atoms with van der Waals surface area (Å²) in [5, 5.41) is 7.55. The molecular weight excluding hydrogens is 233 g/mol. The van der Waals surface area contributed by atoms with Gasteiger partial charge in [-0.1, -0.05) is 0 Å². The van der Waals surface area contributed by atoms with Gasteiger partial charge in [0.05, 0.1) is 6.10 Å². The molecule has 98 valence electrons. The van der Waals surface area contributed by atoms with Crippen molar-refractivity contribution in [2.45, 2.75) is 19.4 Å². The zero-order valence-electron chi connectivity index (χ0n) is 10.4. The van der Waals surface area contributed by atoms with E-state index in [9.17, 15) is 4.39 Å². The van der Waals surface area contributed by atoms with Gasteiger partial charge in [-0.3, -0.25) is 5.41 Å². The molecule has 1 unspecified atom stereocenters. The lowest BCUT2D eigenvalue weighted by molar-refractivity contribution is 0.0821. The predicted octanol–water partition coefficient (Wildman–Crippen LogP) is 1.72. The molecule has 0 amide bonds. The average Bonchev–Trinajstić information content (AvgIpc) is 2.53. The SMILES string of the molecule is CC1CN(c2ccc(F)cc2C(=N)N)CCCO1. The molecule has 1 aromatic rings. The van der Waals surface area contributed by atoms with E-state index < -0.39 is 0 Å². The Hall–Kier alpha value is -1.62. The van der Waals surface area contributed by atoms with Crippen LogP contribution in [-0.4, -0.2) is 31.6 Å². The van der Waals surface area contributed by atoms with E-state index in [0.29, 0.717) is 5.56 Å². The molecule has 0 saturated carbocycles. The lowest BCUT2D eigenvalue weighted by atomic mass is 10.1. The van der Waals surface area contributed by atoms with Gasteiger partial charge in [-0.25, -0.2) is 4.39 Å². The highest BCUT2D eigenvalue weighted by molar-refractivity contribution is 6.00. The number of benzene rings is 1. The van der Waals surface area contributed by atoms with E-state index in [1.165, 1.54) is 12.1 Å². The van der Waals surface area contributed by atoms with Crippen LogP contribution in [0.15, 0.2) is 18.2 Å². The van der Waals surface area contributed by atoms with Crippen molar-refractivity contribution >= 4 is 11.5 Å². The molecule has 1 atom stereocenters. The number of amidine groups is 1. The number of ether oxygens (including phenoxy) is 1. The third-order valence-corrected chi connectivity index (χ3v) is 3.04. The molecule has 1 aliphatic heterocycles. The fraction of sp³-hybridized carbons (Fsp3) is 0.462. The molecule has 0 bridgehead atoms. The summed E-state index contributed by atoms with van der Waals surface area (Å²) in [6, 6.07) is 4.40. The normalized spacial score (nSPS) is 20.6.